The maximum atomic E-state index is 13.0. The predicted octanol–water partition coefficient (Wildman–Crippen LogP) is 2.73. The first-order chi connectivity index (χ1) is 9.83. The Balaban J connectivity index is 2.45. The van der Waals surface area contributed by atoms with Crippen molar-refractivity contribution in [3.63, 3.8) is 0 Å². The SMILES string of the molecule is N#Cc1cc(F)ccc1NS(=O)(=O)c1ccc(Cl)cc1N. The third-order valence-corrected chi connectivity index (χ3v) is 4.28. The van der Waals surface area contributed by atoms with Crippen LogP contribution in [0.25, 0.3) is 0 Å². The van der Waals surface area contributed by atoms with Crippen molar-refractivity contribution in [1.82, 2.24) is 0 Å². The molecule has 0 aliphatic heterocycles. The zero-order chi connectivity index (χ0) is 15.6. The van der Waals surface area contributed by atoms with Crippen LogP contribution < -0.4 is 10.5 Å². The molecule has 0 aromatic heterocycles. The summed E-state index contributed by atoms with van der Waals surface area (Å²) >= 11 is 5.71. The average Bonchev–Trinajstić information content (AvgIpc) is 2.40. The molecule has 0 amide bonds. The molecule has 5 nitrogen and oxygen atoms in total. The van der Waals surface area contributed by atoms with E-state index in [-0.39, 0.29) is 21.8 Å². The average molecular weight is 326 g/mol. The van der Waals surface area contributed by atoms with Crippen molar-refractivity contribution in [3.05, 3.63) is 52.8 Å². The van der Waals surface area contributed by atoms with Crippen LogP contribution >= 0.6 is 11.6 Å². The van der Waals surface area contributed by atoms with Crippen LogP contribution in [0.3, 0.4) is 0 Å². The van der Waals surface area contributed by atoms with Gasteiger partial charge in [-0.3, -0.25) is 4.72 Å². The Morgan fingerprint density at radius 2 is 1.95 bits per heavy atom. The fraction of sp³-hybridized carbons (Fsp3) is 0. The lowest BCUT2D eigenvalue weighted by atomic mass is 10.2. The number of halogens is 2. The monoisotopic (exact) mass is 325 g/mol. The van der Waals surface area contributed by atoms with Crippen LogP contribution in [0.5, 0.6) is 0 Å². The summed E-state index contributed by atoms with van der Waals surface area (Å²) in [6.07, 6.45) is 0. The van der Waals surface area contributed by atoms with Crippen molar-refractivity contribution in [3.8, 4) is 6.07 Å². The van der Waals surface area contributed by atoms with Crippen LogP contribution in [0.1, 0.15) is 5.56 Å². The topological polar surface area (TPSA) is 96.0 Å². The van der Waals surface area contributed by atoms with Gasteiger partial charge >= 0.3 is 0 Å². The molecule has 0 saturated carbocycles. The third kappa shape index (κ3) is 3.24. The fourth-order valence-electron chi connectivity index (χ4n) is 1.66. The van der Waals surface area contributed by atoms with Gasteiger partial charge in [0.25, 0.3) is 10.0 Å². The number of anilines is 2. The van der Waals surface area contributed by atoms with Crippen molar-refractivity contribution in [2.75, 3.05) is 10.5 Å². The smallest absolute Gasteiger partial charge is 0.263 e. The van der Waals surface area contributed by atoms with E-state index in [1.165, 1.54) is 18.2 Å². The first kappa shape index (κ1) is 15.1. The largest absolute Gasteiger partial charge is 0.398 e. The summed E-state index contributed by atoms with van der Waals surface area (Å²) < 4.78 is 39.7. The second kappa shape index (κ2) is 5.60. The standard InChI is InChI=1S/C13H9ClFN3O2S/c14-9-1-4-13(11(17)6-9)21(19,20)18-12-3-2-10(15)5-8(12)7-16/h1-6,18H,17H2. The number of nitrogens with zero attached hydrogens (tertiary/aromatic N) is 1. The molecule has 0 spiro atoms. The van der Waals surface area contributed by atoms with E-state index >= 15 is 0 Å². The Morgan fingerprint density at radius 3 is 2.57 bits per heavy atom. The summed E-state index contributed by atoms with van der Waals surface area (Å²) in [7, 11) is -4.01. The van der Waals surface area contributed by atoms with E-state index < -0.39 is 15.8 Å². The molecular formula is C13H9ClFN3O2S. The van der Waals surface area contributed by atoms with Gasteiger partial charge in [-0.1, -0.05) is 11.6 Å². The first-order valence-electron chi connectivity index (χ1n) is 5.61. The number of rotatable bonds is 3. The van der Waals surface area contributed by atoms with Crippen molar-refractivity contribution in [1.29, 1.82) is 5.26 Å². The molecule has 0 unspecified atom stereocenters. The highest BCUT2D eigenvalue weighted by molar-refractivity contribution is 7.92. The van der Waals surface area contributed by atoms with E-state index in [2.05, 4.69) is 4.72 Å². The minimum Gasteiger partial charge on any atom is -0.398 e. The molecule has 21 heavy (non-hydrogen) atoms. The second-order valence-electron chi connectivity index (χ2n) is 4.09. The van der Waals surface area contributed by atoms with Gasteiger partial charge in [-0.25, -0.2) is 12.8 Å². The third-order valence-electron chi connectivity index (χ3n) is 2.61. The van der Waals surface area contributed by atoms with E-state index in [0.29, 0.717) is 5.02 Å². The lowest BCUT2D eigenvalue weighted by Crippen LogP contribution is -2.15. The molecule has 2 aromatic carbocycles. The van der Waals surface area contributed by atoms with E-state index in [4.69, 9.17) is 22.6 Å². The number of nitrogens with one attached hydrogen (secondary N) is 1. The molecule has 0 heterocycles. The van der Waals surface area contributed by atoms with Crippen molar-refractivity contribution in [2.45, 2.75) is 4.90 Å². The van der Waals surface area contributed by atoms with Gasteiger partial charge in [-0.2, -0.15) is 5.26 Å². The summed E-state index contributed by atoms with van der Waals surface area (Å²) in [5.74, 6) is -0.638. The van der Waals surface area contributed by atoms with Gasteiger partial charge in [0.1, 0.15) is 16.8 Å². The summed E-state index contributed by atoms with van der Waals surface area (Å²) in [4.78, 5) is -0.180. The number of nitrogen functional groups attached to an aromatic ring is 1. The molecular weight excluding hydrogens is 317 g/mol. The quantitative estimate of drug-likeness (QED) is 0.848. The molecule has 0 radical (unpaired) electrons. The van der Waals surface area contributed by atoms with E-state index in [1.807, 2.05) is 0 Å². The normalized spacial score (nSPS) is 10.9. The number of sulfonamides is 1. The maximum Gasteiger partial charge on any atom is 0.263 e. The lowest BCUT2D eigenvalue weighted by molar-refractivity contribution is 0.601. The molecule has 0 aliphatic rings. The van der Waals surface area contributed by atoms with Crippen LogP contribution in [-0.4, -0.2) is 8.42 Å². The fourth-order valence-corrected chi connectivity index (χ4v) is 3.04. The molecule has 0 aliphatic carbocycles. The maximum absolute atomic E-state index is 13.0. The summed E-state index contributed by atoms with van der Waals surface area (Å²) in [6, 6.07) is 8.78. The van der Waals surface area contributed by atoms with Gasteiger partial charge in [0.05, 0.1) is 16.9 Å². The minimum absolute atomic E-state index is 0.0318. The van der Waals surface area contributed by atoms with Gasteiger partial charge in [0, 0.05) is 5.02 Å². The highest BCUT2D eigenvalue weighted by atomic mass is 35.5. The molecule has 0 bridgehead atoms. The van der Waals surface area contributed by atoms with E-state index in [1.54, 1.807) is 6.07 Å². The van der Waals surface area contributed by atoms with Gasteiger partial charge in [0.2, 0.25) is 0 Å². The first-order valence-corrected chi connectivity index (χ1v) is 7.47. The van der Waals surface area contributed by atoms with Crippen LogP contribution in [0.15, 0.2) is 41.3 Å². The molecule has 108 valence electrons. The van der Waals surface area contributed by atoms with Crippen LogP contribution in [0.4, 0.5) is 15.8 Å². The Morgan fingerprint density at radius 1 is 1.24 bits per heavy atom. The molecule has 2 aromatic rings. The molecule has 2 rings (SSSR count). The summed E-state index contributed by atoms with van der Waals surface area (Å²) in [5.41, 5.74) is 5.43. The number of hydrogen-bond donors (Lipinski definition) is 2. The highest BCUT2D eigenvalue weighted by Crippen LogP contribution is 2.26. The van der Waals surface area contributed by atoms with E-state index in [0.717, 1.165) is 18.2 Å². The second-order valence-corrected chi connectivity index (χ2v) is 6.18. The van der Waals surface area contributed by atoms with Gasteiger partial charge in [-0.15, -0.1) is 0 Å². The Kier molecular flexibility index (Phi) is 4.02. The van der Waals surface area contributed by atoms with Crippen molar-refractivity contribution >= 4 is 33.0 Å². The van der Waals surface area contributed by atoms with Gasteiger partial charge < -0.3 is 5.73 Å². The van der Waals surface area contributed by atoms with Crippen molar-refractivity contribution < 1.29 is 12.8 Å². The number of benzene rings is 2. The number of hydrogen-bond acceptors (Lipinski definition) is 4. The minimum atomic E-state index is -4.01. The highest BCUT2D eigenvalue weighted by Gasteiger charge is 2.19. The van der Waals surface area contributed by atoms with E-state index in [9.17, 15) is 12.8 Å². The zero-order valence-electron chi connectivity index (χ0n) is 10.5. The Bertz CT molecular complexity index is 847. The summed E-state index contributed by atoms with van der Waals surface area (Å²) in [6.45, 7) is 0. The zero-order valence-corrected chi connectivity index (χ0v) is 12.0. The number of nitrogens with two attached hydrogens (primary N) is 1. The Hall–Kier alpha value is -2.30. The Labute approximate surface area is 125 Å². The molecule has 8 heteroatoms. The van der Waals surface area contributed by atoms with Crippen LogP contribution in [0.2, 0.25) is 5.02 Å². The molecule has 0 saturated heterocycles. The van der Waals surface area contributed by atoms with Gasteiger partial charge in [-0.05, 0) is 36.4 Å². The van der Waals surface area contributed by atoms with Crippen molar-refractivity contribution in [2.24, 2.45) is 0 Å². The molecule has 0 atom stereocenters. The molecule has 3 N–H and O–H groups in total. The summed E-state index contributed by atoms with van der Waals surface area (Å²) in [5, 5.41) is 9.20. The predicted molar refractivity (Wildman–Crippen MR) is 77.8 cm³/mol. The van der Waals surface area contributed by atoms with Crippen LogP contribution in [0, 0.1) is 17.1 Å². The van der Waals surface area contributed by atoms with Gasteiger partial charge in [0.15, 0.2) is 0 Å². The number of nitriles is 1. The lowest BCUT2D eigenvalue weighted by Gasteiger charge is -2.11. The van der Waals surface area contributed by atoms with Crippen LogP contribution in [-0.2, 0) is 10.0 Å². The molecule has 0 fully saturated rings.